The largest absolute Gasteiger partial charge is 0.409 e. The Morgan fingerprint density at radius 2 is 1.56 bits per heavy atom. The van der Waals surface area contributed by atoms with Crippen LogP contribution < -0.4 is 0 Å². The van der Waals surface area contributed by atoms with Crippen LogP contribution in [0.15, 0.2) is 65.8 Å². The van der Waals surface area contributed by atoms with Crippen LogP contribution in [0.25, 0.3) is 0 Å². The van der Waals surface area contributed by atoms with E-state index < -0.39 is 0 Å². The monoisotopic (exact) mass is 240 g/mol. The SMILES string of the molecule is CN(Cc1ccccc1)/C(=N/O)c1ccccc1. The predicted octanol–water partition coefficient (Wildman–Crippen LogP) is 2.95. The maximum Gasteiger partial charge on any atom is 0.175 e. The molecule has 0 amide bonds. The van der Waals surface area contributed by atoms with E-state index in [9.17, 15) is 5.21 Å². The lowest BCUT2D eigenvalue weighted by molar-refractivity contribution is 0.306. The molecule has 2 aromatic carbocycles. The van der Waals surface area contributed by atoms with Crippen molar-refractivity contribution in [3.05, 3.63) is 71.8 Å². The molecule has 0 saturated carbocycles. The van der Waals surface area contributed by atoms with Gasteiger partial charge in [-0.1, -0.05) is 65.8 Å². The third-order valence-electron chi connectivity index (χ3n) is 2.75. The third kappa shape index (κ3) is 2.88. The van der Waals surface area contributed by atoms with Gasteiger partial charge in [-0.3, -0.25) is 0 Å². The van der Waals surface area contributed by atoms with Crippen molar-refractivity contribution in [2.75, 3.05) is 7.05 Å². The van der Waals surface area contributed by atoms with Crippen LogP contribution in [0, 0.1) is 0 Å². The highest BCUT2D eigenvalue weighted by molar-refractivity contribution is 5.98. The van der Waals surface area contributed by atoms with E-state index in [0.29, 0.717) is 12.4 Å². The highest BCUT2D eigenvalue weighted by Crippen LogP contribution is 2.08. The van der Waals surface area contributed by atoms with Gasteiger partial charge >= 0.3 is 0 Å². The minimum absolute atomic E-state index is 0.569. The molecule has 3 heteroatoms. The molecule has 3 nitrogen and oxygen atoms in total. The first-order chi connectivity index (χ1) is 8.81. The van der Waals surface area contributed by atoms with Crippen LogP contribution in [-0.2, 0) is 6.54 Å². The average molecular weight is 240 g/mol. The van der Waals surface area contributed by atoms with Crippen LogP contribution >= 0.6 is 0 Å². The van der Waals surface area contributed by atoms with E-state index in [4.69, 9.17) is 0 Å². The van der Waals surface area contributed by atoms with Gasteiger partial charge in [-0.25, -0.2) is 0 Å². The number of hydrogen-bond acceptors (Lipinski definition) is 2. The molecule has 2 rings (SSSR count). The Morgan fingerprint density at radius 3 is 2.11 bits per heavy atom. The molecular weight excluding hydrogens is 224 g/mol. The fraction of sp³-hybridized carbons (Fsp3) is 0.133. The summed E-state index contributed by atoms with van der Waals surface area (Å²) in [6.45, 7) is 0.703. The van der Waals surface area contributed by atoms with E-state index >= 15 is 0 Å². The second-order valence-electron chi connectivity index (χ2n) is 4.13. The van der Waals surface area contributed by atoms with Crippen molar-refractivity contribution in [1.29, 1.82) is 0 Å². The highest BCUT2D eigenvalue weighted by Gasteiger charge is 2.09. The molecule has 0 unspecified atom stereocenters. The third-order valence-corrected chi connectivity index (χ3v) is 2.75. The molecule has 1 N–H and O–H groups in total. The highest BCUT2D eigenvalue weighted by atomic mass is 16.4. The van der Waals surface area contributed by atoms with Gasteiger partial charge in [0, 0.05) is 19.2 Å². The normalized spacial score (nSPS) is 11.3. The fourth-order valence-corrected chi connectivity index (χ4v) is 1.87. The standard InChI is InChI=1S/C15H16N2O/c1-17(12-13-8-4-2-5-9-13)15(16-18)14-10-6-3-7-11-14/h2-11,18H,12H2,1H3/b16-15+. The number of rotatable bonds is 3. The van der Waals surface area contributed by atoms with E-state index in [1.807, 2.05) is 60.5 Å². The molecule has 0 aliphatic heterocycles. The molecule has 0 bridgehead atoms. The summed E-state index contributed by atoms with van der Waals surface area (Å²) >= 11 is 0. The van der Waals surface area contributed by atoms with Crippen molar-refractivity contribution in [2.24, 2.45) is 5.16 Å². The summed E-state index contributed by atoms with van der Waals surface area (Å²) in [5, 5.41) is 12.6. The van der Waals surface area contributed by atoms with Crippen molar-refractivity contribution in [2.45, 2.75) is 6.54 Å². The average Bonchev–Trinajstić information content (AvgIpc) is 2.42. The number of nitrogens with zero attached hydrogens (tertiary/aromatic N) is 2. The van der Waals surface area contributed by atoms with Gasteiger partial charge in [0.15, 0.2) is 5.84 Å². The lowest BCUT2D eigenvalue weighted by atomic mass is 10.1. The Labute approximate surface area is 107 Å². The zero-order chi connectivity index (χ0) is 12.8. The number of oxime groups is 1. The molecule has 0 radical (unpaired) electrons. The van der Waals surface area contributed by atoms with Gasteiger partial charge in [-0.05, 0) is 5.56 Å². The summed E-state index contributed by atoms with van der Waals surface area (Å²) in [5.74, 6) is 0.569. The Kier molecular flexibility index (Phi) is 3.97. The molecule has 0 saturated heterocycles. The van der Waals surface area contributed by atoms with Crippen LogP contribution in [0.4, 0.5) is 0 Å². The summed E-state index contributed by atoms with van der Waals surface area (Å²) < 4.78 is 0. The number of amidine groups is 1. The molecule has 0 aliphatic carbocycles. The first-order valence-electron chi connectivity index (χ1n) is 5.84. The number of hydrogen-bond donors (Lipinski definition) is 1. The van der Waals surface area contributed by atoms with Gasteiger partial charge in [0.05, 0.1) is 0 Å². The quantitative estimate of drug-likeness (QED) is 0.387. The molecule has 18 heavy (non-hydrogen) atoms. The van der Waals surface area contributed by atoms with Crippen LogP contribution in [0.2, 0.25) is 0 Å². The molecule has 0 fully saturated rings. The molecule has 0 aliphatic rings. The minimum atomic E-state index is 0.569. The lowest BCUT2D eigenvalue weighted by Crippen LogP contribution is -2.27. The first kappa shape index (κ1) is 12.2. The van der Waals surface area contributed by atoms with E-state index in [0.717, 1.165) is 5.56 Å². The van der Waals surface area contributed by atoms with E-state index in [1.165, 1.54) is 5.56 Å². The van der Waals surface area contributed by atoms with E-state index in [2.05, 4.69) is 17.3 Å². The molecule has 0 spiro atoms. The predicted molar refractivity (Wildman–Crippen MR) is 72.7 cm³/mol. The topological polar surface area (TPSA) is 35.8 Å². The maximum atomic E-state index is 9.17. The molecule has 2 aromatic rings. The fourth-order valence-electron chi connectivity index (χ4n) is 1.87. The van der Waals surface area contributed by atoms with Gasteiger partial charge in [0.25, 0.3) is 0 Å². The Balaban J connectivity index is 2.15. The Bertz CT molecular complexity index is 509. The van der Waals surface area contributed by atoms with Crippen LogP contribution in [0.3, 0.4) is 0 Å². The molecular formula is C15H16N2O. The van der Waals surface area contributed by atoms with Gasteiger partial charge in [0.2, 0.25) is 0 Å². The van der Waals surface area contributed by atoms with Crippen LogP contribution in [-0.4, -0.2) is 23.0 Å². The second kappa shape index (κ2) is 5.87. The van der Waals surface area contributed by atoms with E-state index in [1.54, 1.807) is 0 Å². The summed E-state index contributed by atoms with van der Waals surface area (Å²) in [4.78, 5) is 1.92. The lowest BCUT2D eigenvalue weighted by Gasteiger charge is -2.20. The van der Waals surface area contributed by atoms with Crippen molar-refractivity contribution < 1.29 is 5.21 Å². The van der Waals surface area contributed by atoms with Crippen molar-refractivity contribution in [3.63, 3.8) is 0 Å². The van der Waals surface area contributed by atoms with Crippen molar-refractivity contribution >= 4 is 5.84 Å². The molecule has 0 aromatic heterocycles. The summed E-state index contributed by atoms with van der Waals surface area (Å²) in [6.07, 6.45) is 0. The van der Waals surface area contributed by atoms with Gasteiger partial charge in [-0.2, -0.15) is 0 Å². The zero-order valence-electron chi connectivity index (χ0n) is 10.3. The zero-order valence-corrected chi connectivity index (χ0v) is 10.3. The smallest absolute Gasteiger partial charge is 0.175 e. The number of benzene rings is 2. The van der Waals surface area contributed by atoms with E-state index in [-0.39, 0.29) is 0 Å². The molecule has 0 heterocycles. The molecule has 92 valence electrons. The Hall–Kier alpha value is -2.29. The Morgan fingerprint density at radius 1 is 1.00 bits per heavy atom. The summed E-state index contributed by atoms with van der Waals surface area (Å²) in [7, 11) is 1.91. The van der Waals surface area contributed by atoms with Gasteiger partial charge in [0.1, 0.15) is 0 Å². The van der Waals surface area contributed by atoms with Crippen molar-refractivity contribution in [1.82, 2.24) is 4.90 Å². The molecule has 0 atom stereocenters. The maximum absolute atomic E-state index is 9.17. The van der Waals surface area contributed by atoms with Crippen LogP contribution in [0.1, 0.15) is 11.1 Å². The van der Waals surface area contributed by atoms with Gasteiger partial charge < -0.3 is 10.1 Å². The van der Waals surface area contributed by atoms with Gasteiger partial charge in [-0.15, -0.1) is 0 Å². The summed E-state index contributed by atoms with van der Waals surface area (Å²) in [5.41, 5.74) is 2.08. The second-order valence-corrected chi connectivity index (χ2v) is 4.13. The summed E-state index contributed by atoms with van der Waals surface area (Å²) in [6, 6.07) is 19.7. The van der Waals surface area contributed by atoms with Crippen LogP contribution in [0.5, 0.6) is 0 Å². The minimum Gasteiger partial charge on any atom is -0.409 e. The van der Waals surface area contributed by atoms with Crippen molar-refractivity contribution in [3.8, 4) is 0 Å². The first-order valence-corrected chi connectivity index (χ1v) is 5.84.